The van der Waals surface area contributed by atoms with Crippen LogP contribution in [0.5, 0.6) is 5.75 Å². The van der Waals surface area contributed by atoms with Gasteiger partial charge in [0, 0.05) is 0 Å². The van der Waals surface area contributed by atoms with Crippen LogP contribution in [-0.2, 0) is 0 Å². The van der Waals surface area contributed by atoms with E-state index < -0.39 is 11.2 Å². The summed E-state index contributed by atoms with van der Waals surface area (Å²) in [5.74, 6) is 0.375. The summed E-state index contributed by atoms with van der Waals surface area (Å²) >= 11 is 12.4. The average Bonchev–Trinajstić information content (AvgIpc) is 2.41. The molecule has 0 spiro atoms. The first-order chi connectivity index (χ1) is 9.45. The molecule has 0 fully saturated rings. The van der Waals surface area contributed by atoms with Gasteiger partial charge in [-0.1, -0.05) is 35.9 Å². The smallest absolute Gasteiger partial charge is 0.142 e. The highest BCUT2D eigenvalue weighted by atomic mass is 35.5. The van der Waals surface area contributed by atoms with Crippen molar-refractivity contribution >= 4 is 23.2 Å². The summed E-state index contributed by atoms with van der Waals surface area (Å²) in [5.41, 5.74) is 3.41. The van der Waals surface area contributed by atoms with E-state index in [0.717, 1.165) is 22.4 Å². The van der Waals surface area contributed by atoms with E-state index in [9.17, 15) is 4.39 Å². The van der Waals surface area contributed by atoms with Crippen molar-refractivity contribution in [2.75, 3.05) is 7.11 Å². The zero-order chi connectivity index (χ0) is 14.9. The molecule has 4 heteroatoms. The molecule has 1 atom stereocenters. The molecule has 0 aliphatic rings. The third kappa shape index (κ3) is 2.77. The molecule has 20 heavy (non-hydrogen) atoms. The number of rotatable bonds is 3. The third-order valence-electron chi connectivity index (χ3n) is 3.23. The standard InChI is InChI=1S/C16H15Cl2FO/c1-9-7-11(8-10(2)16(9)20-3)14(17)12-5-4-6-13(19)15(12)18/h4-8,14H,1-3H3. The maximum atomic E-state index is 13.5. The van der Waals surface area contributed by atoms with E-state index in [1.54, 1.807) is 19.2 Å². The predicted octanol–water partition coefficient (Wildman–Crippen LogP) is 5.43. The molecule has 0 heterocycles. The topological polar surface area (TPSA) is 9.23 Å². The van der Waals surface area contributed by atoms with Crippen LogP contribution in [0.15, 0.2) is 30.3 Å². The molecule has 0 radical (unpaired) electrons. The summed E-state index contributed by atoms with van der Waals surface area (Å²) in [6.45, 7) is 3.90. The number of aryl methyl sites for hydroxylation is 2. The van der Waals surface area contributed by atoms with Gasteiger partial charge in [0.2, 0.25) is 0 Å². The van der Waals surface area contributed by atoms with Crippen molar-refractivity contribution < 1.29 is 9.13 Å². The first kappa shape index (κ1) is 15.1. The van der Waals surface area contributed by atoms with Gasteiger partial charge in [-0.3, -0.25) is 0 Å². The molecule has 2 aromatic rings. The lowest BCUT2D eigenvalue weighted by atomic mass is 9.99. The van der Waals surface area contributed by atoms with Crippen molar-refractivity contribution in [2.24, 2.45) is 0 Å². The Morgan fingerprint density at radius 2 is 1.75 bits per heavy atom. The van der Waals surface area contributed by atoms with Gasteiger partial charge in [0.1, 0.15) is 11.6 Å². The number of hydrogen-bond acceptors (Lipinski definition) is 1. The fraction of sp³-hybridized carbons (Fsp3) is 0.250. The number of benzene rings is 2. The molecule has 0 aromatic heterocycles. The monoisotopic (exact) mass is 312 g/mol. The van der Waals surface area contributed by atoms with Crippen LogP contribution in [0.25, 0.3) is 0 Å². The normalized spacial score (nSPS) is 12.3. The maximum Gasteiger partial charge on any atom is 0.142 e. The second-order valence-corrected chi connectivity index (χ2v) is 5.51. The van der Waals surface area contributed by atoms with E-state index in [1.807, 2.05) is 26.0 Å². The summed E-state index contributed by atoms with van der Waals surface area (Å²) in [5, 5.41) is -0.430. The number of alkyl halides is 1. The molecule has 0 aliphatic carbocycles. The maximum absolute atomic E-state index is 13.5. The Kier molecular flexibility index (Phi) is 4.56. The van der Waals surface area contributed by atoms with E-state index in [2.05, 4.69) is 0 Å². The molecule has 2 rings (SSSR count). The number of ether oxygens (including phenoxy) is 1. The van der Waals surface area contributed by atoms with E-state index in [-0.39, 0.29) is 5.02 Å². The molecule has 1 unspecified atom stereocenters. The number of halogens is 3. The summed E-state index contributed by atoms with van der Waals surface area (Å²) in [6.07, 6.45) is 0. The van der Waals surface area contributed by atoms with Gasteiger partial charge in [-0.2, -0.15) is 0 Å². The minimum absolute atomic E-state index is 0.0682. The van der Waals surface area contributed by atoms with Gasteiger partial charge in [-0.05, 0) is 42.2 Å². The Morgan fingerprint density at radius 1 is 1.15 bits per heavy atom. The van der Waals surface area contributed by atoms with Crippen molar-refractivity contribution in [1.29, 1.82) is 0 Å². The van der Waals surface area contributed by atoms with Gasteiger partial charge < -0.3 is 4.74 Å². The Labute approximate surface area is 128 Å². The van der Waals surface area contributed by atoms with E-state index in [0.29, 0.717) is 5.56 Å². The van der Waals surface area contributed by atoms with Gasteiger partial charge >= 0.3 is 0 Å². The molecule has 0 amide bonds. The first-order valence-electron chi connectivity index (χ1n) is 6.18. The molecule has 1 nitrogen and oxygen atoms in total. The van der Waals surface area contributed by atoms with Crippen molar-refractivity contribution in [3.8, 4) is 5.75 Å². The molecular weight excluding hydrogens is 298 g/mol. The second kappa shape index (κ2) is 6.02. The zero-order valence-corrected chi connectivity index (χ0v) is 13.0. The average molecular weight is 313 g/mol. The van der Waals surface area contributed by atoms with Gasteiger partial charge in [0.05, 0.1) is 17.5 Å². The van der Waals surface area contributed by atoms with Crippen LogP contribution in [0, 0.1) is 19.7 Å². The van der Waals surface area contributed by atoms with Gasteiger partial charge in [-0.15, -0.1) is 11.6 Å². The van der Waals surface area contributed by atoms with Crippen LogP contribution in [0.4, 0.5) is 4.39 Å². The van der Waals surface area contributed by atoms with Crippen molar-refractivity contribution in [3.05, 3.63) is 63.4 Å². The molecule has 0 N–H and O–H groups in total. The van der Waals surface area contributed by atoms with Crippen LogP contribution in [0.3, 0.4) is 0 Å². The largest absolute Gasteiger partial charge is 0.496 e. The van der Waals surface area contributed by atoms with Gasteiger partial charge in [0.25, 0.3) is 0 Å². The fourth-order valence-corrected chi connectivity index (χ4v) is 2.95. The Bertz CT molecular complexity index is 617. The lowest BCUT2D eigenvalue weighted by Gasteiger charge is -2.16. The lowest BCUT2D eigenvalue weighted by molar-refractivity contribution is 0.408. The van der Waals surface area contributed by atoms with Crippen LogP contribution >= 0.6 is 23.2 Å². The van der Waals surface area contributed by atoms with Crippen LogP contribution in [-0.4, -0.2) is 7.11 Å². The van der Waals surface area contributed by atoms with E-state index >= 15 is 0 Å². The molecule has 0 saturated heterocycles. The third-order valence-corrected chi connectivity index (χ3v) is 4.12. The highest BCUT2D eigenvalue weighted by molar-refractivity contribution is 6.33. The zero-order valence-electron chi connectivity index (χ0n) is 11.5. The molecule has 106 valence electrons. The highest BCUT2D eigenvalue weighted by Gasteiger charge is 2.18. The SMILES string of the molecule is COc1c(C)cc(C(Cl)c2cccc(F)c2Cl)cc1C. The van der Waals surface area contributed by atoms with Crippen molar-refractivity contribution in [3.63, 3.8) is 0 Å². The van der Waals surface area contributed by atoms with Crippen LogP contribution in [0.2, 0.25) is 5.02 Å². The highest BCUT2D eigenvalue weighted by Crippen LogP contribution is 2.37. The number of hydrogen-bond donors (Lipinski definition) is 0. The lowest BCUT2D eigenvalue weighted by Crippen LogP contribution is -1.99. The molecule has 0 saturated carbocycles. The summed E-state index contributed by atoms with van der Waals surface area (Å²) < 4.78 is 18.9. The first-order valence-corrected chi connectivity index (χ1v) is 7.00. The Hall–Kier alpha value is -1.25. The Morgan fingerprint density at radius 3 is 2.30 bits per heavy atom. The van der Waals surface area contributed by atoms with Gasteiger partial charge in [-0.25, -0.2) is 4.39 Å². The van der Waals surface area contributed by atoms with Crippen LogP contribution < -0.4 is 4.74 Å². The predicted molar refractivity (Wildman–Crippen MR) is 81.6 cm³/mol. The van der Waals surface area contributed by atoms with Gasteiger partial charge in [0.15, 0.2) is 0 Å². The molecule has 2 aromatic carbocycles. The second-order valence-electron chi connectivity index (χ2n) is 4.69. The quantitative estimate of drug-likeness (QED) is 0.686. The molecular formula is C16H15Cl2FO. The fourth-order valence-electron chi connectivity index (χ4n) is 2.35. The number of methoxy groups -OCH3 is 1. The van der Waals surface area contributed by atoms with Crippen molar-refractivity contribution in [2.45, 2.75) is 19.2 Å². The summed E-state index contributed by atoms with van der Waals surface area (Å²) in [6, 6.07) is 8.53. The minimum Gasteiger partial charge on any atom is -0.496 e. The summed E-state index contributed by atoms with van der Waals surface area (Å²) in [7, 11) is 1.64. The van der Waals surface area contributed by atoms with Crippen LogP contribution in [0.1, 0.15) is 27.6 Å². The molecule has 0 aliphatic heterocycles. The molecule has 0 bridgehead atoms. The van der Waals surface area contributed by atoms with E-state index in [1.165, 1.54) is 6.07 Å². The summed E-state index contributed by atoms with van der Waals surface area (Å²) in [4.78, 5) is 0. The van der Waals surface area contributed by atoms with E-state index in [4.69, 9.17) is 27.9 Å². The Balaban J connectivity index is 2.49. The minimum atomic E-state index is -0.499. The van der Waals surface area contributed by atoms with Crippen molar-refractivity contribution in [1.82, 2.24) is 0 Å².